The number of methoxy groups -OCH3 is 2. The Morgan fingerprint density at radius 2 is 1.81 bits per heavy atom. The van der Waals surface area contributed by atoms with Gasteiger partial charge in [-0.3, -0.25) is 14.4 Å². The van der Waals surface area contributed by atoms with E-state index in [1.807, 2.05) is 13.8 Å². The third-order valence-corrected chi connectivity index (χ3v) is 6.16. The van der Waals surface area contributed by atoms with Crippen LogP contribution in [0.3, 0.4) is 0 Å². The van der Waals surface area contributed by atoms with Crippen molar-refractivity contribution < 1.29 is 33.4 Å². The zero-order chi connectivity index (χ0) is 23.4. The fraction of sp³-hybridized carbons (Fsp3) is 0.391. The Labute approximate surface area is 184 Å². The number of carbonyl (C=O) groups is 4. The van der Waals surface area contributed by atoms with Crippen LogP contribution in [-0.2, 0) is 34.1 Å². The molecule has 2 aliphatic heterocycles. The summed E-state index contributed by atoms with van der Waals surface area (Å²) in [5.41, 5.74) is 4.35. The molecule has 0 aromatic heterocycles. The number of Topliss-reactive ketones (excluding diaryl/α,β-unsaturated/α-hetero) is 1. The van der Waals surface area contributed by atoms with Crippen LogP contribution in [-0.4, -0.2) is 49.3 Å². The van der Waals surface area contributed by atoms with E-state index < -0.39 is 35.2 Å². The minimum atomic E-state index is -1.87. The first-order valence-corrected chi connectivity index (χ1v) is 10.1. The molecular formula is C23H24N2O7. The number of para-hydroxylation sites is 1. The van der Waals surface area contributed by atoms with E-state index in [-0.39, 0.29) is 35.0 Å². The summed E-state index contributed by atoms with van der Waals surface area (Å²) in [5.74, 6) is -2.57. The number of rotatable bonds is 3. The molecule has 1 aromatic rings. The second-order valence-electron chi connectivity index (χ2n) is 8.81. The van der Waals surface area contributed by atoms with Crippen molar-refractivity contribution in [3.63, 3.8) is 0 Å². The molecule has 0 saturated heterocycles. The van der Waals surface area contributed by atoms with Gasteiger partial charge in [-0.05, 0) is 17.9 Å². The molecule has 1 atom stereocenters. The first-order chi connectivity index (χ1) is 15.1. The molecule has 0 bridgehead atoms. The monoisotopic (exact) mass is 440 g/mol. The highest BCUT2D eigenvalue weighted by atomic mass is 16.5. The molecule has 4 rings (SSSR count). The van der Waals surface area contributed by atoms with Gasteiger partial charge in [0.05, 0.1) is 14.2 Å². The van der Waals surface area contributed by atoms with Crippen LogP contribution in [0.25, 0.3) is 0 Å². The van der Waals surface area contributed by atoms with E-state index in [4.69, 9.17) is 19.9 Å². The molecule has 2 N–H and O–H groups in total. The number of nitrogens with zero attached hydrogens (tertiary/aromatic N) is 1. The Morgan fingerprint density at radius 3 is 2.47 bits per heavy atom. The number of hydrogen-bond donors (Lipinski definition) is 1. The minimum Gasteiger partial charge on any atom is -0.468 e. The molecule has 0 radical (unpaired) electrons. The molecular weight excluding hydrogens is 416 g/mol. The lowest BCUT2D eigenvalue weighted by atomic mass is 9.63. The van der Waals surface area contributed by atoms with Crippen LogP contribution >= 0.6 is 0 Å². The van der Waals surface area contributed by atoms with E-state index in [0.717, 1.165) is 7.11 Å². The van der Waals surface area contributed by atoms with Gasteiger partial charge in [-0.1, -0.05) is 32.0 Å². The van der Waals surface area contributed by atoms with Gasteiger partial charge in [0, 0.05) is 23.3 Å². The summed E-state index contributed by atoms with van der Waals surface area (Å²) in [5, 5.41) is 0. The first kappa shape index (κ1) is 21.6. The summed E-state index contributed by atoms with van der Waals surface area (Å²) in [6.45, 7) is 3.41. The molecule has 1 amide bonds. The van der Waals surface area contributed by atoms with E-state index in [2.05, 4.69) is 0 Å². The Hall–Kier alpha value is -3.62. The number of allylic oxidation sites excluding steroid dienone is 1. The highest BCUT2D eigenvalue weighted by Gasteiger charge is 2.65. The van der Waals surface area contributed by atoms with E-state index in [1.54, 1.807) is 24.3 Å². The van der Waals surface area contributed by atoms with Gasteiger partial charge in [-0.25, -0.2) is 4.79 Å². The van der Waals surface area contributed by atoms with Crippen molar-refractivity contribution in [2.45, 2.75) is 32.1 Å². The molecule has 168 valence electrons. The third kappa shape index (κ3) is 2.84. The van der Waals surface area contributed by atoms with Gasteiger partial charge in [-0.15, -0.1) is 0 Å². The summed E-state index contributed by atoms with van der Waals surface area (Å²) in [7, 11) is 2.37. The standard InChI is InChI=1S/C23H24N2O7/c1-22(2)9-13-17(14(26)10-22)23(21(29)25(13)11-16(27)30-3)12-7-5-6-8-15(12)32-19(24)18(23)20(28)31-4/h5-8H,9-11,24H2,1-4H3/t23-/m0/s1. The molecule has 32 heavy (non-hydrogen) atoms. The highest BCUT2D eigenvalue weighted by molar-refractivity contribution is 6.19. The molecule has 0 fully saturated rings. The summed E-state index contributed by atoms with van der Waals surface area (Å²) in [6, 6.07) is 6.58. The lowest BCUT2D eigenvalue weighted by Gasteiger charge is -2.38. The maximum absolute atomic E-state index is 14.2. The second-order valence-corrected chi connectivity index (χ2v) is 8.81. The normalized spacial score (nSPS) is 23.7. The van der Waals surface area contributed by atoms with Crippen LogP contribution in [0.15, 0.2) is 47.0 Å². The average molecular weight is 440 g/mol. The Morgan fingerprint density at radius 1 is 1.12 bits per heavy atom. The topological polar surface area (TPSA) is 125 Å². The third-order valence-electron chi connectivity index (χ3n) is 6.16. The Kier molecular flexibility index (Phi) is 4.87. The van der Waals surface area contributed by atoms with Crippen molar-refractivity contribution in [2.75, 3.05) is 20.8 Å². The predicted molar refractivity (Wildman–Crippen MR) is 111 cm³/mol. The summed E-state index contributed by atoms with van der Waals surface area (Å²) in [6.07, 6.45) is 0.500. The largest absolute Gasteiger partial charge is 0.468 e. The zero-order valence-electron chi connectivity index (χ0n) is 18.3. The SMILES string of the molecule is COC(=O)CN1C(=O)[C@]2(C(C(=O)OC)=C(N)Oc3ccccc32)C2=C1CC(C)(C)CC2=O. The van der Waals surface area contributed by atoms with Crippen LogP contribution in [0.2, 0.25) is 0 Å². The van der Waals surface area contributed by atoms with Crippen LogP contribution in [0, 0.1) is 5.41 Å². The van der Waals surface area contributed by atoms with E-state index in [1.165, 1.54) is 12.0 Å². The van der Waals surface area contributed by atoms with Crippen LogP contribution in [0.1, 0.15) is 32.3 Å². The molecule has 1 aliphatic carbocycles. The minimum absolute atomic E-state index is 0.129. The fourth-order valence-corrected chi connectivity index (χ4v) is 4.93. The Bertz CT molecular complexity index is 1130. The number of amides is 1. The maximum Gasteiger partial charge on any atom is 0.340 e. The van der Waals surface area contributed by atoms with Crippen molar-refractivity contribution in [1.82, 2.24) is 4.90 Å². The van der Waals surface area contributed by atoms with Crippen molar-refractivity contribution >= 4 is 23.6 Å². The van der Waals surface area contributed by atoms with Gasteiger partial charge in [0.1, 0.15) is 23.3 Å². The lowest BCUT2D eigenvalue weighted by molar-refractivity contribution is -0.146. The van der Waals surface area contributed by atoms with E-state index in [9.17, 15) is 19.2 Å². The number of ketones is 1. The van der Waals surface area contributed by atoms with Gasteiger partial charge >= 0.3 is 11.9 Å². The van der Waals surface area contributed by atoms with Gasteiger partial charge in [0.25, 0.3) is 0 Å². The number of ether oxygens (including phenoxy) is 3. The number of benzene rings is 1. The lowest BCUT2D eigenvalue weighted by Crippen LogP contribution is -2.50. The van der Waals surface area contributed by atoms with Gasteiger partial charge in [0.15, 0.2) is 5.78 Å². The van der Waals surface area contributed by atoms with E-state index >= 15 is 0 Å². The van der Waals surface area contributed by atoms with Crippen molar-refractivity contribution in [1.29, 1.82) is 0 Å². The van der Waals surface area contributed by atoms with Gasteiger partial charge < -0.3 is 24.8 Å². The zero-order valence-corrected chi connectivity index (χ0v) is 18.3. The number of esters is 2. The number of fused-ring (bicyclic) bond motifs is 3. The number of hydrogen-bond acceptors (Lipinski definition) is 8. The molecule has 0 unspecified atom stereocenters. The average Bonchev–Trinajstić information content (AvgIpc) is 2.95. The quantitative estimate of drug-likeness (QED) is 0.698. The fourth-order valence-electron chi connectivity index (χ4n) is 4.93. The van der Waals surface area contributed by atoms with Gasteiger partial charge in [0.2, 0.25) is 11.8 Å². The van der Waals surface area contributed by atoms with Crippen LogP contribution < -0.4 is 10.5 Å². The number of carbonyl (C=O) groups excluding carboxylic acids is 4. The smallest absolute Gasteiger partial charge is 0.340 e. The molecule has 1 spiro atoms. The highest BCUT2D eigenvalue weighted by Crippen LogP contribution is 2.57. The van der Waals surface area contributed by atoms with Crippen LogP contribution in [0.5, 0.6) is 5.75 Å². The predicted octanol–water partition coefficient (Wildman–Crippen LogP) is 1.32. The molecule has 0 saturated carbocycles. The van der Waals surface area contributed by atoms with Crippen LogP contribution in [0.4, 0.5) is 0 Å². The molecule has 9 heteroatoms. The Balaban J connectivity index is 2.10. The second kappa shape index (κ2) is 7.22. The van der Waals surface area contributed by atoms with Crippen molar-refractivity contribution in [2.24, 2.45) is 11.1 Å². The number of nitrogens with two attached hydrogens (primary N) is 1. The van der Waals surface area contributed by atoms with Crippen molar-refractivity contribution in [3.8, 4) is 5.75 Å². The summed E-state index contributed by atoms with van der Waals surface area (Å²) < 4.78 is 15.4. The molecule has 3 aliphatic rings. The van der Waals surface area contributed by atoms with Gasteiger partial charge in [-0.2, -0.15) is 0 Å². The maximum atomic E-state index is 14.2. The molecule has 1 aromatic carbocycles. The first-order valence-electron chi connectivity index (χ1n) is 10.1. The molecule has 9 nitrogen and oxygen atoms in total. The summed E-state index contributed by atoms with van der Waals surface area (Å²) in [4.78, 5) is 54.1. The molecule has 2 heterocycles. The summed E-state index contributed by atoms with van der Waals surface area (Å²) >= 11 is 0. The van der Waals surface area contributed by atoms with E-state index in [0.29, 0.717) is 17.7 Å². The van der Waals surface area contributed by atoms with Crippen molar-refractivity contribution in [3.05, 3.63) is 52.6 Å².